The minimum atomic E-state index is -1.69. The van der Waals surface area contributed by atoms with Crippen molar-refractivity contribution in [2.24, 2.45) is 0 Å². The number of aromatic nitrogens is 4. The number of aliphatic hydroxyl groups is 1. The number of rotatable bonds is 5. The van der Waals surface area contributed by atoms with Crippen LogP contribution in [0.4, 0.5) is 5.95 Å². The van der Waals surface area contributed by atoms with E-state index in [9.17, 15) is 9.90 Å². The van der Waals surface area contributed by atoms with Gasteiger partial charge in [-0.3, -0.25) is 4.79 Å². The molecule has 5 heterocycles. The molecule has 0 saturated carbocycles. The third-order valence-electron chi connectivity index (χ3n) is 5.89. The number of pyridine rings is 1. The van der Waals surface area contributed by atoms with Crippen molar-refractivity contribution >= 4 is 11.9 Å². The molecule has 10 heteroatoms. The van der Waals surface area contributed by atoms with Gasteiger partial charge in [0.15, 0.2) is 5.76 Å². The minimum absolute atomic E-state index is 0.121. The normalized spacial score (nSPS) is 25.5. The van der Waals surface area contributed by atoms with Gasteiger partial charge in [-0.2, -0.15) is 0 Å². The maximum Gasteiger partial charge on any atom is 0.262 e. The van der Waals surface area contributed by atoms with E-state index in [2.05, 4.69) is 25.4 Å². The third kappa shape index (κ3) is 3.71. The number of hydrogen-bond acceptors (Lipinski definition) is 9. The highest BCUT2D eigenvalue weighted by Gasteiger charge is 2.48. The summed E-state index contributed by atoms with van der Waals surface area (Å²) in [5.74, 6) is 0.243. The van der Waals surface area contributed by atoms with E-state index >= 15 is 0 Å². The molecule has 0 bridgehead atoms. The number of ether oxygens (including phenoxy) is 1. The van der Waals surface area contributed by atoms with Crippen LogP contribution in [0.5, 0.6) is 0 Å². The molecule has 3 aromatic rings. The standard InChI is InChI=1S/C22H24N6O4/c1-13-10-14(12-31-13)24-21-23-8-6-17(26-21)15-4-3-5-16(25-15)18-11-19(32-27-18)22(30)7-9-28(2)20(22)29/h3-6,8,11,13-14,30H,7,9-10,12H2,1-2H3,(H,23,24,26)/t13?,14?,22-/m1/s1. The lowest BCUT2D eigenvalue weighted by atomic mass is 9.98. The Kier molecular flexibility index (Phi) is 5.10. The number of likely N-dealkylation sites (N-methyl/N-ethyl adjacent to an activating group) is 1. The summed E-state index contributed by atoms with van der Waals surface area (Å²) in [7, 11) is 1.65. The number of anilines is 1. The average molecular weight is 436 g/mol. The molecule has 10 nitrogen and oxygen atoms in total. The molecule has 2 unspecified atom stereocenters. The van der Waals surface area contributed by atoms with Crippen LogP contribution in [-0.4, -0.2) is 68.4 Å². The van der Waals surface area contributed by atoms with E-state index in [1.165, 1.54) is 4.90 Å². The monoisotopic (exact) mass is 436 g/mol. The summed E-state index contributed by atoms with van der Waals surface area (Å²) < 4.78 is 10.9. The zero-order valence-corrected chi connectivity index (χ0v) is 17.9. The first-order valence-corrected chi connectivity index (χ1v) is 10.6. The highest BCUT2D eigenvalue weighted by Crippen LogP contribution is 2.34. The first-order chi connectivity index (χ1) is 15.4. The van der Waals surface area contributed by atoms with Crippen LogP contribution in [0.15, 0.2) is 41.1 Å². The SMILES string of the molecule is CC1CC(Nc2nccc(-c3cccc(-c4cc([C@]5(O)CCN(C)C5=O)on4)n3)n2)CO1. The molecule has 2 aliphatic rings. The zero-order valence-electron chi connectivity index (χ0n) is 17.9. The van der Waals surface area contributed by atoms with Crippen molar-refractivity contribution in [3.63, 3.8) is 0 Å². The second kappa shape index (κ2) is 7.95. The molecule has 0 aliphatic carbocycles. The van der Waals surface area contributed by atoms with E-state index in [1.807, 2.05) is 19.1 Å². The topological polar surface area (TPSA) is 127 Å². The molecule has 2 fully saturated rings. The number of amides is 1. The van der Waals surface area contributed by atoms with E-state index in [0.29, 0.717) is 41.9 Å². The maximum atomic E-state index is 12.3. The molecule has 32 heavy (non-hydrogen) atoms. The largest absolute Gasteiger partial charge is 0.376 e. The van der Waals surface area contributed by atoms with Crippen LogP contribution in [0, 0.1) is 0 Å². The second-order valence-electron chi connectivity index (χ2n) is 8.31. The van der Waals surface area contributed by atoms with Gasteiger partial charge in [-0.15, -0.1) is 0 Å². The molecule has 0 spiro atoms. The van der Waals surface area contributed by atoms with E-state index in [4.69, 9.17) is 9.26 Å². The molecular formula is C22H24N6O4. The number of hydrogen-bond donors (Lipinski definition) is 2. The predicted octanol–water partition coefficient (Wildman–Crippen LogP) is 1.83. The number of carbonyl (C=O) groups excluding carboxylic acids is 1. The van der Waals surface area contributed by atoms with Gasteiger partial charge in [-0.05, 0) is 31.5 Å². The Morgan fingerprint density at radius 3 is 2.69 bits per heavy atom. The lowest BCUT2D eigenvalue weighted by molar-refractivity contribution is -0.144. The van der Waals surface area contributed by atoms with Gasteiger partial charge < -0.3 is 24.6 Å². The number of nitrogens with zero attached hydrogens (tertiary/aromatic N) is 5. The first kappa shape index (κ1) is 20.5. The molecular weight excluding hydrogens is 412 g/mol. The molecule has 2 N–H and O–H groups in total. The van der Waals surface area contributed by atoms with Crippen LogP contribution in [0.1, 0.15) is 25.5 Å². The summed E-state index contributed by atoms with van der Waals surface area (Å²) in [4.78, 5) is 27.4. The van der Waals surface area contributed by atoms with Gasteiger partial charge in [0.2, 0.25) is 11.5 Å². The van der Waals surface area contributed by atoms with Crippen LogP contribution in [0.2, 0.25) is 0 Å². The third-order valence-corrected chi connectivity index (χ3v) is 5.89. The molecule has 2 aliphatic heterocycles. The van der Waals surface area contributed by atoms with Crippen LogP contribution in [0.3, 0.4) is 0 Å². The summed E-state index contributed by atoms with van der Waals surface area (Å²) in [6.07, 6.45) is 3.07. The molecule has 1 amide bonds. The number of likely N-dealkylation sites (tertiary alicyclic amines) is 1. The lowest BCUT2D eigenvalue weighted by Gasteiger charge is -2.16. The summed E-state index contributed by atoms with van der Waals surface area (Å²) in [6, 6.07) is 9.01. The molecule has 3 aromatic heterocycles. The molecule has 3 atom stereocenters. The van der Waals surface area contributed by atoms with Crippen LogP contribution in [-0.2, 0) is 15.1 Å². The molecule has 2 saturated heterocycles. The van der Waals surface area contributed by atoms with Crippen molar-refractivity contribution in [1.82, 2.24) is 25.0 Å². The van der Waals surface area contributed by atoms with Crippen LogP contribution in [0.25, 0.3) is 22.8 Å². The Bertz CT molecular complexity index is 1150. The highest BCUT2D eigenvalue weighted by atomic mass is 16.5. The van der Waals surface area contributed by atoms with E-state index in [-0.39, 0.29) is 24.3 Å². The van der Waals surface area contributed by atoms with Crippen molar-refractivity contribution in [3.8, 4) is 22.8 Å². The van der Waals surface area contributed by atoms with Gasteiger partial charge in [-0.25, -0.2) is 15.0 Å². The maximum absolute atomic E-state index is 12.3. The van der Waals surface area contributed by atoms with E-state index in [0.717, 1.165) is 6.42 Å². The molecule has 0 aromatic carbocycles. The van der Waals surface area contributed by atoms with E-state index in [1.54, 1.807) is 31.4 Å². The highest BCUT2D eigenvalue weighted by molar-refractivity contribution is 5.87. The Morgan fingerprint density at radius 1 is 1.19 bits per heavy atom. The van der Waals surface area contributed by atoms with Crippen LogP contribution >= 0.6 is 0 Å². The summed E-state index contributed by atoms with van der Waals surface area (Å²) in [5, 5.41) is 18.1. The fraction of sp³-hybridized carbons (Fsp3) is 0.409. The van der Waals surface area contributed by atoms with Gasteiger partial charge in [0.05, 0.1) is 35.8 Å². The van der Waals surface area contributed by atoms with Gasteiger partial charge in [0, 0.05) is 32.3 Å². The lowest BCUT2D eigenvalue weighted by Crippen LogP contribution is -2.35. The van der Waals surface area contributed by atoms with Crippen LogP contribution < -0.4 is 5.32 Å². The van der Waals surface area contributed by atoms with Gasteiger partial charge in [0.25, 0.3) is 5.91 Å². The second-order valence-corrected chi connectivity index (χ2v) is 8.31. The Labute approximate surface area is 184 Å². The van der Waals surface area contributed by atoms with Gasteiger partial charge >= 0.3 is 0 Å². The fourth-order valence-electron chi connectivity index (χ4n) is 4.06. The Balaban J connectivity index is 1.38. The van der Waals surface area contributed by atoms with Crippen molar-refractivity contribution in [2.45, 2.75) is 37.5 Å². The van der Waals surface area contributed by atoms with E-state index < -0.39 is 11.5 Å². The van der Waals surface area contributed by atoms with Crippen molar-refractivity contribution in [1.29, 1.82) is 0 Å². The molecule has 5 rings (SSSR count). The van der Waals surface area contributed by atoms with Gasteiger partial charge in [0.1, 0.15) is 5.69 Å². The Hall–Kier alpha value is -3.37. The van der Waals surface area contributed by atoms with Crippen molar-refractivity contribution < 1.29 is 19.2 Å². The number of carbonyl (C=O) groups is 1. The smallest absolute Gasteiger partial charge is 0.262 e. The zero-order chi connectivity index (χ0) is 22.3. The van der Waals surface area contributed by atoms with Crippen molar-refractivity contribution in [3.05, 3.63) is 42.3 Å². The predicted molar refractivity (Wildman–Crippen MR) is 114 cm³/mol. The summed E-state index contributed by atoms with van der Waals surface area (Å²) in [5.41, 5.74) is 0.593. The summed E-state index contributed by atoms with van der Waals surface area (Å²) in [6.45, 7) is 3.12. The average Bonchev–Trinajstić information content (AvgIpc) is 3.52. The van der Waals surface area contributed by atoms with Gasteiger partial charge in [-0.1, -0.05) is 11.2 Å². The molecule has 166 valence electrons. The Morgan fingerprint density at radius 2 is 1.97 bits per heavy atom. The quantitative estimate of drug-likeness (QED) is 0.616. The number of nitrogens with one attached hydrogen (secondary N) is 1. The summed E-state index contributed by atoms with van der Waals surface area (Å²) >= 11 is 0. The van der Waals surface area contributed by atoms with Crippen molar-refractivity contribution in [2.75, 3.05) is 25.5 Å². The first-order valence-electron chi connectivity index (χ1n) is 10.6. The fourth-order valence-corrected chi connectivity index (χ4v) is 4.06. The molecule has 0 radical (unpaired) electrons. The minimum Gasteiger partial charge on any atom is -0.376 e.